The van der Waals surface area contributed by atoms with Crippen LogP contribution in [0.2, 0.25) is 0 Å². The summed E-state index contributed by atoms with van der Waals surface area (Å²) in [6.45, 7) is 8.24. The van der Waals surface area contributed by atoms with Crippen LogP contribution in [-0.2, 0) is 20.1 Å². The summed E-state index contributed by atoms with van der Waals surface area (Å²) in [5.41, 5.74) is 1.09. The molecule has 0 unspecified atom stereocenters. The summed E-state index contributed by atoms with van der Waals surface area (Å²) in [6, 6.07) is 5.85. The van der Waals surface area contributed by atoms with Gasteiger partial charge in [0.05, 0.1) is 13.7 Å². The van der Waals surface area contributed by atoms with Crippen LogP contribution in [0.25, 0.3) is 0 Å². The maximum atomic E-state index is 10.2. The van der Waals surface area contributed by atoms with Crippen LogP contribution in [0.1, 0.15) is 25.2 Å². The van der Waals surface area contributed by atoms with Gasteiger partial charge >= 0.3 is 0 Å². The third-order valence-electron chi connectivity index (χ3n) is 4.56. The predicted octanol–water partition coefficient (Wildman–Crippen LogP) is 1.80. The molecule has 2 N–H and O–H groups in total. The van der Waals surface area contributed by atoms with Gasteiger partial charge in [-0.05, 0) is 30.8 Å². The number of likely N-dealkylation sites (N-methyl/N-ethyl adjacent to an activating group) is 1. The molecule has 0 spiro atoms. The van der Waals surface area contributed by atoms with Gasteiger partial charge in [-0.1, -0.05) is 19.9 Å². The number of imidazole rings is 1. The lowest BCUT2D eigenvalue weighted by Crippen LogP contribution is -2.35. The number of rotatable bonds is 12. The molecule has 0 amide bonds. The van der Waals surface area contributed by atoms with Gasteiger partial charge in [0, 0.05) is 32.5 Å². The van der Waals surface area contributed by atoms with E-state index < -0.39 is 6.10 Å². The zero-order valence-corrected chi connectivity index (χ0v) is 16.8. The Bertz CT molecular complexity index is 686. The predicted molar refractivity (Wildman–Crippen MR) is 106 cm³/mol. The van der Waals surface area contributed by atoms with Gasteiger partial charge in [-0.2, -0.15) is 0 Å². The van der Waals surface area contributed by atoms with E-state index in [0.29, 0.717) is 31.1 Å². The second-order valence-electron chi connectivity index (χ2n) is 6.49. The standard InChI is InChI=1S/C20H32N4O3/c1-5-24(6-2)14-17(25)15-27-18-8-7-16(11-19(18)26-4)12-21-13-20-22-9-10-23(20)3/h7-11,17,21,25H,5-6,12-15H2,1-4H3/t17-/m0/s1. The molecule has 0 aliphatic heterocycles. The Morgan fingerprint density at radius 1 is 1.22 bits per heavy atom. The van der Waals surface area contributed by atoms with Crippen molar-refractivity contribution in [1.29, 1.82) is 0 Å². The molecule has 1 heterocycles. The van der Waals surface area contributed by atoms with Crippen LogP contribution in [0.15, 0.2) is 30.6 Å². The summed E-state index contributed by atoms with van der Waals surface area (Å²) in [7, 11) is 3.60. The Balaban J connectivity index is 1.86. The molecule has 0 bridgehead atoms. The van der Waals surface area contributed by atoms with Crippen molar-refractivity contribution in [2.45, 2.75) is 33.0 Å². The van der Waals surface area contributed by atoms with E-state index in [1.807, 2.05) is 36.0 Å². The summed E-state index contributed by atoms with van der Waals surface area (Å²) in [5, 5.41) is 13.5. The maximum Gasteiger partial charge on any atom is 0.161 e. The molecule has 1 aromatic carbocycles. The second-order valence-corrected chi connectivity index (χ2v) is 6.49. The monoisotopic (exact) mass is 376 g/mol. The fraction of sp³-hybridized carbons (Fsp3) is 0.550. The molecule has 1 aromatic heterocycles. The third-order valence-corrected chi connectivity index (χ3v) is 4.56. The van der Waals surface area contributed by atoms with Crippen LogP contribution in [0.5, 0.6) is 11.5 Å². The summed E-state index contributed by atoms with van der Waals surface area (Å²) >= 11 is 0. The Morgan fingerprint density at radius 2 is 2.00 bits per heavy atom. The van der Waals surface area contributed by atoms with Crippen LogP contribution < -0.4 is 14.8 Å². The van der Waals surface area contributed by atoms with Crippen molar-refractivity contribution in [3.05, 3.63) is 42.0 Å². The number of ether oxygens (including phenoxy) is 2. The summed E-state index contributed by atoms with van der Waals surface area (Å²) in [6.07, 6.45) is 3.19. The molecule has 150 valence electrons. The molecule has 0 aliphatic carbocycles. The van der Waals surface area contributed by atoms with Crippen LogP contribution in [-0.4, -0.2) is 59.0 Å². The van der Waals surface area contributed by atoms with E-state index in [4.69, 9.17) is 9.47 Å². The highest BCUT2D eigenvalue weighted by Gasteiger charge is 2.12. The van der Waals surface area contributed by atoms with Crippen molar-refractivity contribution in [3.8, 4) is 11.5 Å². The smallest absolute Gasteiger partial charge is 0.161 e. The normalized spacial score (nSPS) is 12.4. The highest BCUT2D eigenvalue weighted by atomic mass is 16.5. The van der Waals surface area contributed by atoms with Crippen molar-refractivity contribution in [2.75, 3.05) is 33.4 Å². The fourth-order valence-electron chi connectivity index (χ4n) is 2.85. The summed E-state index contributed by atoms with van der Waals surface area (Å²) < 4.78 is 13.2. The average Bonchev–Trinajstić information content (AvgIpc) is 3.09. The Kier molecular flexibility index (Phi) is 8.57. The largest absolute Gasteiger partial charge is 0.493 e. The van der Waals surface area contributed by atoms with Crippen LogP contribution in [0.4, 0.5) is 0 Å². The quantitative estimate of drug-likeness (QED) is 0.589. The minimum Gasteiger partial charge on any atom is -0.493 e. The first kappa shape index (κ1) is 21.2. The Labute approximate surface area is 161 Å². The first-order valence-corrected chi connectivity index (χ1v) is 9.44. The third kappa shape index (κ3) is 6.53. The van der Waals surface area contributed by atoms with Gasteiger partial charge in [0.1, 0.15) is 18.5 Å². The molecule has 1 atom stereocenters. The van der Waals surface area contributed by atoms with Crippen LogP contribution >= 0.6 is 0 Å². The van der Waals surface area contributed by atoms with Crippen molar-refractivity contribution in [2.24, 2.45) is 7.05 Å². The van der Waals surface area contributed by atoms with E-state index in [1.54, 1.807) is 13.3 Å². The number of benzene rings is 1. The molecule has 0 fully saturated rings. The zero-order valence-electron chi connectivity index (χ0n) is 16.8. The van der Waals surface area contributed by atoms with E-state index in [-0.39, 0.29) is 6.61 Å². The van der Waals surface area contributed by atoms with Gasteiger partial charge in [-0.25, -0.2) is 4.98 Å². The van der Waals surface area contributed by atoms with Gasteiger partial charge in [0.2, 0.25) is 0 Å². The lowest BCUT2D eigenvalue weighted by molar-refractivity contribution is 0.0705. The van der Waals surface area contributed by atoms with Crippen molar-refractivity contribution < 1.29 is 14.6 Å². The van der Waals surface area contributed by atoms with Gasteiger partial charge in [0.25, 0.3) is 0 Å². The number of aliphatic hydroxyl groups is 1. The van der Waals surface area contributed by atoms with E-state index in [9.17, 15) is 5.11 Å². The number of nitrogens with zero attached hydrogens (tertiary/aromatic N) is 3. The first-order valence-electron chi connectivity index (χ1n) is 9.44. The van der Waals surface area contributed by atoms with E-state index in [2.05, 4.69) is 29.0 Å². The fourth-order valence-corrected chi connectivity index (χ4v) is 2.85. The SMILES string of the molecule is CCN(CC)C[C@H](O)COc1ccc(CNCc2nccn2C)cc1OC. The lowest BCUT2D eigenvalue weighted by atomic mass is 10.2. The molecule has 7 heteroatoms. The van der Waals surface area contributed by atoms with Gasteiger partial charge < -0.3 is 29.4 Å². The molecular formula is C20H32N4O3. The van der Waals surface area contributed by atoms with Crippen LogP contribution in [0.3, 0.4) is 0 Å². The number of hydrogen-bond donors (Lipinski definition) is 2. The van der Waals surface area contributed by atoms with Crippen molar-refractivity contribution >= 4 is 0 Å². The highest BCUT2D eigenvalue weighted by Crippen LogP contribution is 2.28. The highest BCUT2D eigenvalue weighted by molar-refractivity contribution is 5.43. The number of aryl methyl sites for hydroxylation is 1. The molecule has 2 rings (SSSR count). The molecule has 0 aliphatic rings. The molecule has 2 aromatic rings. The lowest BCUT2D eigenvalue weighted by Gasteiger charge is -2.22. The molecule has 0 saturated heterocycles. The average molecular weight is 377 g/mol. The van der Waals surface area contributed by atoms with Gasteiger partial charge in [-0.15, -0.1) is 0 Å². The topological polar surface area (TPSA) is 71.8 Å². The number of hydrogen-bond acceptors (Lipinski definition) is 6. The number of methoxy groups -OCH3 is 1. The second kappa shape index (κ2) is 10.9. The van der Waals surface area contributed by atoms with Gasteiger partial charge in [0.15, 0.2) is 11.5 Å². The molecule has 0 radical (unpaired) electrons. The van der Waals surface area contributed by atoms with E-state index in [0.717, 1.165) is 24.5 Å². The molecular weight excluding hydrogens is 344 g/mol. The van der Waals surface area contributed by atoms with E-state index >= 15 is 0 Å². The Hall–Kier alpha value is -2.09. The number of aromatic nitrogens is 2. The molecule has 0 saturated carbocycles. The molecule has 27 heavy (non-hydrogen) atoms. The minimum absolute atomic E-state index is 0.240. The first-order chi connectivity index (χ1) is 13.1. The number of nitrogens with one attached hydrogen (secondary N) is 1. The van der Waals surface area contributed by atoms with Crippen LogP contribution in [0, 0.1) is 0 Å². The maximum absolute atomic E-state index is 10.2. The molecule has 7 nitrogen and oxygen atoms in total. The Morgan fingerprint density at radius 3 is 2.63 bits per heavy atom. The zero-order chi connectivity index (χ0) is 19.6. The van der Waals surface area contributed by atoms with Gasteiger partial charge in [-0.3, -0.25) is 0 Å². The minimum atomic E-state index is -0.534. The van der Waals surface area contributed by atoms with E-state index in [1.165, 1.54) is 0 Å². The number of aliphatic hydroxyl groups excluding tert-OH is 1. The van der Waals surface area contributed by atoms with Crippen molar-refractivity contribution in [3.63, 3.8) is 0 Å². The van der Waals surface area contributed by atoms with Crippen molar-refractivity contribution in [1.82, 2.24) is 19.8 Å². The summed E-state index contributed by atoms with van der Waals surface area (Å²) in [5.74, 6) is 2.30. The summed E-state index contributed by atoms with van der Waals surface area (Å²) in [4.78, 5) is 6.47.